The van der Waals surface area contributed by atoms with Crippen LogP contribution in [-0.2, 0) is 0 Å². The van der Waals surface area contributed by atoms with Gasteiger partial charge >= 0.3 is 0 Å². The summed E-state index contributed by atoms with van der Waals surface area (Å²) in [6, 6.07) is 6.34. The molecule has 3 heteroatoms. The van der Waals surface area contributed by atoms with E-state index in [9.17, 15) is 0 Å². The Balaban J connectivity index is 1.90. The molecule has 2 rings (SSSR count). The molecule has 0 aliphatic heterocycles. The molecule has 1 aliphatic carbocycles. The van der Waals surface area contributed by atoms with E-state index in [1.807, 2.05) is 18.2 Å². The Hall–Kier alpha value is -0.400. The maximum absolute atomic E-state index is 6.04. The Morgan fingerprint density at radius 2 is 1.63 bits per heavy atom. The molecule has 1 aromatic rings. The van der Waals surface area contributed by atoms with Crippen LogP contribution in [0.25, 0.3) is 0 Å². The van der Waals surface area contributed by atoms with Gasteiger partial charge in [0.1, 0.15) is 0 Å². The van der Waals surface area contributed by atoms with Crippen molar-refractivity contribution in [1.29, 1.82) is 0 Å². The number of benzene rings is 1. The van der Waals surface area contributed by atoms with Crippen LogP contribution in [0.3, 0.4) is 0 Å². The minimum atomic E-state index is 0.439. The number of rotatable bonds is 2. The number of hydrogen-bond donors (Lipinski definition) is 1. The summed E-state index contributed by atoms with van der Waals surface area (Å²) in [5.41, 5.74) is 1.52. The molecule has 1 aromatic carbocycles. The molecule has 1 fully saturated rings. The van der Waals surface area contributed by atoms with Crippen molar-refractivity contribution in [3.05, 3.63) is 28.2 Å². The smallest absolute Gasteiger partial charge is 0.0612 e. The molecule has 0 heterocycles. The summed E-state index contributed by atoms with van der Waals surface area (Å²) >= 11 is 12.0. The summed E-state index contributed by atoms with van der Waals surface area (Å²) in [7, 11) is 0. The number of halogens is 2. The fraction of sp³-hybridized carbons (Fsp3) is 0.625. The number of anilines is 1. The van der Waals surface area contributed by atoms with Crippen molar-refractivity contribution < 1.29 is 0 Å². The second kappa shape index (κ2) is 5.93. The Bertz CT molecular complexity index is 429. The van der Waals surface area contributed by atoms with E-state index in [4.69, 9.17) is 23.2 Å². The Kier molecular flexibility index (Phi) is 4.68. The SMILES string of the molecule is CC(C)(C)C1CCC(Nc2ccc(Cl)c(Cl)c2)CC1. The van der Waals surface area contributed by atoms with Gasteiger partial charge in [0.05, 0.1) is 10.0 Å². The van der Waals surface area contributed by atoms with Crippen molar-refractivity contribution in [2.24, 2.45) is 11.3 Å². The standard InChI is InChI=1S/C16H23Cl2N/c1-16(2,3)11-4-6-12(7-5-11)19-13-8-9-14(17)15(18)10-13/h8-12,19H,4-7H2,1-3H3. The van der Waals surface area contributed by atoms with E-state index in [1.165, 1.54) is 25.7 Å². The molecule has 0 radical (unpaired) electrons. The van der Waals surface area contributed by atoms with Gasteiger partial charge in [0.2, 0.25) is 0 Å². The van der Waals surface area contributed by atoms with Gasteiger partial charge in [0, 0.05) is 11.7 Å². The molecule has 0 amide bonds. The lowest BCUT2D eigenvalue weighted by Crippen LogP contribution is -2.31. The lowest BCUT2D eigenvalue weighted by molar-refractivity contribution is 0.173. The maximum Gasteiger partial charge on any atom is 0.0612 e. The fourth-order valence-corrected chi connectivity index (χ4v) is 3.22. The molecule has 1 N–H and O–H groups in total. The first-order valence-electron chi connectivity index (χ1n) is 7.08. The van der Waals surface area contributed by atoms with Crippen molar-refractivity contribution in [3.8, 4) is 0 Å². The van der Waals surface area contributed by atoms with Crippen LogP contribution in [0, 0.1) is 11.3 Å². The van der Waals surface area contributed by atoms with Crippen LogP contribution in [-0.4, -0.2) is 6.04 Å². The molecular formula is C16H23Cl2N. The first-order chi connectivity index (χ1) is 8.86. The van der Waals surface area contributed by atoms with Gasteiger partial charge in [-0.3, -0.25) is 0 Å². The highest BCUT2D eigenvalue weighted by Crippen LogP contribution is 2.38. The van der Waals surface area contributed by atoms with Crippen LogP contribution < -0.4 is 5.32 Å². The van der Waals surface area contributed by atoms with Crippen molar-refractivity contribution >= 4 is 28.9 Å². The molecule has 0 bridgehead atoms. The highest BCUT2D eigenvalue weighted by atomic mass is 35.5. The van der Waals surface area contributed by atoms with Crippen molar-refractivity contribution in [2.45, 2.75) is 52.5 Å². The van der Waals surface area contributed by atoms with E-state index in [-0.39, 0.29) is 0 Å². The van der Waals surface area contributed by atoms with E-state index in [2.05, 4.69) is 26.1 Å². The molecule has 19 heavy (non-hydrogen) atoms. The van der Waals surface area contributed by atoms with Crippen LogP contribution in [0.2, 0.25) is 10.0 Å². The van der Waals surface area contributed by atoms with Crippen molar-refractivity contribution in [2.75, 3.05) is 5.32 Å². The first-order valence-corrected chi connectivity index (χ1v) is 7.83. The van der Waals surface area contributed by atoms with E-state index >= 15 is 0 Å². The predicted octanol–water partition coefficient (Wildman–Crippen LogP) is 6.01. The van der Waals surface area contributed by atoms with Crippen molar-refractivity contribution in [1.82, 2.24) is 0 Å². The van der Waals surface area contributed by atoms with E-state index in [0.29, 0.717) is 21.5 Å². The summed E-state index contributed by atoms with van der Waals surface area (Å²) in [6.07, 6.45) is 5.09. The molecule has 0 saturated heterocycles. The van der Waals surface area contributed by atoms with Crippen LogP contribution in [0.5, 0.6) is 0 Å². The molecule has 1 saturated carbocycles. The van der Waals surface area contributed by atoms with E-state index < -0.39 is 0 Å². The largest absolute Gasteiger partial charge is 0.382 e. The topological polar surface area (TPSA) is 12.0 Å². The van der Waals surface area contributed by atoms with Gasteiger partial charge in [-0.25, -0.2) is 0 Å². The molecular weight excluding hydrogens is 277 g/mol. The van der Waals surface area contributed by atoms with Crippen LogP contribution >= 0.6 is 23.2 Å². The zero-order chi connectivity index (χ0) is 14.0. The van der Waals surface area contributed by atoms with Gasteiger partial charge in [0.25, 0.3) is 0 Å². The lowest BCUT2D eigenvalue weighted by atomic mass is 9.71. The van der Waals surface area contributed by atoms with E-state index in [0.717, 1.165) is 11.6 Å². The zero-order valence-electron chi connectivity index (χ0n) is 12.0. The van der Waals surface area contributed by atoms with Crippen LogP contribution in [0.1, 0.15) is 46.5 Å². The second-order valence-corrected chi connectivity index (χ2v) is 7.50. The molecule has 1 aliphatic rings. The highest BCUT2D eigenvalue weighted by Gasteiger charge is 2.29. The summed E-state index contributed by atoms with van der Waals surface area (Å²) in [5.74, 6) is 0.847. The van der Waals surface area contributed by atoms with Gasteiger partial charge < -0.3 is 5.32 Å². The Morgan fingerprint density at radius 3 is 2.16 bits per heavy atom. The predicted molar refractivity (Wildman–Crippen MR) is 85.3 cm³/mol. The highest BCUT2D eigenvalue weighted by molar-refractivity contribution is 6.42. The molecule has 106 valence electrons. The van der Waals surface area contributed by atoms with E-state index in [1.54, 1.807) is 0 Å². The molecule has 0 atom stereocenters. The van der Waals surface area contributed by atoms with Gasteiger partial charge in [0.15, 0.2) is 0 Å². The molecule has 0 aromatic heterocycles. The van der Waals surface area contributed by atoms with Gasteiger partial charge in [-0.15, -0.1) is 0 Å². The quantitative estimate of drug-likeness (QED) is 0.705. The molecule has 0 unspecified atom stereocenters. The first kappa shape index (κ1) is 15.0. The average Bonchev–Trinajstić information content (AvgIpc) is 2.33. The normalized spacial score (nSPS) is 24.3. The zero-order valence-corrected chi connectivity index (χ0v) is 13.5. The minimum absolute atomic E-state index is 0.439. The van der Waals surface area contributed by atoms with Gasteiger partial charge in [-0.2, -0.15) is 0 Å². The average molecular weight is 300 g/mol. The monoisotopic (exact) mass is 299 g/mol. The molecule has 1 nitrogen and oxygen atoms in total. The fourth-order valence-electron chi connectivity index (χ4n) is 2.93. The van der Waals surface area contributed by atoms with Gasteiger partial charge in [-0.05, 0) is 55.2 Å². The molecule has 0 spiro atoms. The third-order valence-electron chi connectivity index (χ3n) is 4.24. The third-order valence-corrected chi connectivity index (χ3v) is 4.98. The Labute approximate surface area is 126 Å². The van der Waals surface area contributed by atoms with Crippen LogP contribution in [0.4, 0.5) is 5.69 Å². The van der Waals surface area contributed by atoms with Gasteiger partial charge in [-0.1, -0.05) is 44.0 Å². The summed E-state index contributed by atoms with van der Waals surface area (Å²) in [4.78, 5) is 0. The second-order valence-electron chi connectivity index (χ2n) is 6.69. The van der Waals surface area contributed by atoms with Crippen LogP contribution in [0.15, 0.2) is 18.2 Å². The maximum atomic E-state index is 6.04. The lowest BCUT2D eigenvalue weighted by Gasteiger charge is -2.37. The minimum Gasteiger partial charge on any atom is -0.382 e. The third kappa shape index (κ3) is 4.03. The number of nitrogens with one attached hydrogen (secondary N) is 1. The summed E-state index contributed by atoms with van der Waals surface area (Å²) < 4.78 is 0. The number of hydrogen-bond acceptors (Lipinski definition) is 1. The Morgan fingerprint density at radius 1 is 1.00 bits per heavy atom. The summed E-state index contributed by atoms with van der Waals surface area (Å²) in [5, 5.41) is 4.81. The summed E-state index contributed by atoms with van der Waals surface area (Å²) in [6.45, 7) is 7.05. The van der Waals surface area contributed by atoms with Crippen molar-refractivity contribution in [3.63, 3.8) is 0 Å².